The summed E-state index contributed by atoms with van der Waals surface area (Å²) < 4.78 is 1.62. The van der Waals surface area contributed by atoms with Crippen molar-refractivity contribution >= 4 is 12.4 Å². The second kappa shape index (κ2) is 4.74. The van der Waals surface area contributed by atoms with Crippen molar-refractivity contribution < 1.29 is 0 Å². The summed E-state index contributed by atoms with van der Waals surface area (Å²) in [4.78, 5) is 0. The third-order valence-electron chi connectivity index (χ3n) is 1.87. The van der Waals surface area contributed by atoms with Gasteiger partial charge in [-0.25, -0.2) is 4.68 Å². The lowest BCUT2D eigenvalue weighted by molar-refractivity contribution is 0.522. The van der Waals surface area contributed by atoms with Gasteiger partial charge in [-0.3, -0.25) is 0 Å². The third kappa shape index (κ3) is 2.10. The molecule has 1 aromatic carbocycles. The van der Waals surface area contributed by atoms with Crippen molar-refractivity contribution in [2.75, 3.05) is 0 Å². The van der Waals surface area contributed by atoms with Gasteiger partial charge in [-0.1, -0.05) is 35.5 Å². The van der Waals surface area contributed by atoms with Crippen LogP contribution in [0.3, 0.4) is 0 Å². The Morgan fingerprint density at radius 3 is 2.50 bits per heavy atom. The predicted molar refractivity (Wildman–Crippen MR) is 56.0 cm³/mol. The number of nitrogens with two attached hydrogens (primary N) is 1. The Morgan fingerprint density at radius 2 is 1.93 bits per heavy atom. The third-order valence-corrected chi connectivity index (χ3v) is 1.87. The highest BCUT2D eigenvalue weighted by Crippen LogP contribution is 2.09. The number of hydrogen-bond acceptors (Lipinski definition) is 3. The van der Waals surface area contributed by atoms with Crippen molar-refractivity contribution in [2.24, 2.45) is 5.73 Å². The lowest BCUT2D eigenvalue weighted by Crippen LogP contribution is -2.20. The Hall–Kier alpha value is -1.39. The van der Waals surface area contributed by atoms with Crippen molar-refractivity contribution in [3.8, 4) is 0 Å². The van der Waals surface area contributed by atoms with Gasteiger partial charge in [0.1, 0.15) is 6.17 Å². The summed E-state index contributed by atoms with van der Waals surface area (Å²) in [5, 5.41) is 7.54. The van der Waals surface area contributed by atoms with Crippen LogP contribution >= 0.6 is 12.4 Å². The molecule has 0 bridgehead atoms. The van der Waals surface area contributed by atoms with Gasteiger partial charge in [-0.05, 0) is 5.56 Å². The van der Waals surface area contributed by atoms with E-state index in [0.717, 1.165) is 5.56 Å². The zero-order valence-electron chi connectivity index (χ0n) is 7.45. The average Bonchev–Trinajstić information content (AvgIpc) is 2.71. The smallest absolute Gasteiger partial charge is 0.126 e. The van der Waals surface area contributed by atoms with Crippen molar-refractivity contribution in [3.05, 3.63) is 48.3 Å². The van der Waals surface area contributed by atoms with E-state index in [1.54, 1.807) is 17.1 Å². The Morgan fingerprint density at radius 1 is 1.21 bits per heavy atom. The Kier molecular flexibility index (Phi) is 3.62. The molecule has 4 nitrogen and oxygen atoms in total. The fourth-order valence-electron chi connectivity index (χ4n) is 1.17. The fourth-order valence-corrected chi connectivity index (χ4v) is 1.17. The first kappa shape index (κ1) is 10.7. The summed E-state index contributed by atoms with van der Waals surface area (Å²) in [5.41, 5.74) is 6.94. The number of rotatable bonds is 2. The Balaban J connectivity index is 0.000000980. The predicted octanol–water partition coefficient (Wildman–Crippen LogP) is 1.21. The molecule has 0 aliphatic carbocycles. The van der Waals surface area contributed by atoms with Crippen LogP contribution in [0.4, 0.5) is 0 Å². The summed E-state index contributed by atoms with van der Waals surface area (Å²) in [5.74, 6) is 0. The molecule has 0 aliphatic rings. The lowest BCUT2D eigenvalue weighted by atomic mass is 10.2. The summed E-state index contributed by atoms with van der Waals surface area (Å²) in [7, 11) is 0. The van der Waals surface area contributed by atoms with Gasteiger partial charge in [0.15, 0.2) is 0 Å². The van der Waals surface area contributed by atoms with E-state index in [2.05, 4.69) is 10.3 Å². The second-order valence-electron chi connectivity index (χ2n) is 2.74. The number of aromatic nitrogens is 3. The quantitative estimate of drug-likeness (QED) is 0.811. The van der Waals surface area contributed by atoms with Gasteiger partial charge >= 0.3 is 0 Å². The first-order chi connectivity index (χ1) is 6.38. The molecule has 1 aromatic heterocycles. The lowest BCUT2D eigenvalue weighted by Gasteiger charge is -2.10. The standard InChI is InChI=1S/C9H10N4.ClH/c10-9(13-7-6-11-12-13)8-4-2-1-3-5-8;/h1-7,9H,10H2;1H. The van der Waals surface area contributed by atoms with Gasteiger partial charge in [-0.2, -0.15) is 0 Å². The van der Waals surface area contributed by atoms with Gasteiger partial charge in [0.25, 0.3) is 0 Å². The maximum absolute atomic E-state index is 5.92. The maximum atomic E-state index is 5.92. The average molecular weight is 211 g/mol. The van der Waals surface area contributed by atoms with Gasteiger partial charge < -0.3 is 5.73 Å². The molecule has 5 heteroatoms. The number of nitrogens with zero attached hydrogens (tertiary/aromatic N) is 3. The van der Waals surface area contributed by atoms with Crippen molar-refractivity contribution in [2.45, 2.75) is 6.17 Å². The molecule has 0 saturated heterocycles. The molecule has 0 amide bonds. The molecular formula is C9H11ClN4. The SMILES string of the molecule is Cl.NC(c1ccccc1)n1ccnn1. The zero-order chi connectivity index (χ0) is 9.10. The first-order valence-corrected chi connectivity index (χ1v) is 4.04. The molecule has 0 saturated carbocycles. The van der Waals surface area contributed by atoms with E-state index >= 15 is 0 Å². The number of hydrogen-bond donors (Lipinski definition) is 1. The first-order valence-electron chi connectivity index (χ1n) is 4.04. The monoisotopic (exact) mass is 210 g/mol. The van der Waals surface area contributed by atoms with E-state index in [1.165, 1.54) is 0 Å². The maximum Gasteiger partial charge on any atom is 0.126 e. The molecule has 2 rings (SSSR count). The largest absolute Gasteiger partial charge is 0.306 e. The van der Waals surface area contributed by atoms with Crippen LogP contribution in [-0.2, 0) is 0 Å². The number of halogens is 1. The zero-order valence-corrected chi connectivity index (χ0v) is 8.26. The van der Waals surface area contributed by atoms with Crippen LogP contribution in [0, 0.1) is 0 Å². The van der Waals surface area contributed by atoms with Crippen LogP contribution < -0.4 is 5.73 Å². The molecule has 0 radical (unpaired) electrons. The minimum atomic E-state index is -0.247. The molecule has 1 atom stereocenters. The minimum Gasteiger partial charge on any atom is -0.306 e. The highest BCUT2D eigenvalue weighted by atomic mass is 35.5. The fraction of sp³-hybridized carbons (Fsp3) is 0.111. The highest BCUT2D eigenvalue weighted by Gasteiger charge is 2.06. The van der Waals surface area contributed by atoms with Crippen molar-refractivity contribution in [3.63, 3.8) is 0 Å². The topological polar surface area (TPSA) is 56.7 Å². The van der Waals surface area contributed by atoms with E-state index in [9.17, 15) is 0 Å². The molecule has 2 aromatic rings. The molecule has 14 heavy (non-hydrogen) atoms. The van der Waals surface area contributed by atoms with Gasteiger partial charge in [0, 0.05) is 6.20 Å². The van der Waals surface area contributed by atoms with Crippen LogP contribution in [0.25, 0.3) is 0 Å². The summed E-state index contributed by atoms with van der Waals surface area (Å²) in [6, 6.07) is 9.79. The molecule has 0 aliphatic heterocycles. The van der Waals surface area contributed by atoms with Gasteiger partial charge in [0.2, 0.25) is 0 Å². The van der Waals surface area contributed by atoms with E-state index in [0.29, 0.717) is 0 Å². The van der Waals surface area contributed by atoms with E-state index < -0.39 is 0 Å². The second-order valence-corrected chi connectivity index (χ2v) is 2.74. The molecular weight excluding hydrogens is 200 g/mol. The molecule has 0 spiro atoms. The van der Waals surface area contributed by atoms with Crippen LogP contribution in [-0.4, -0.2) is 15.0 Å². The van der Waals surface area contributed by atoms with Gasteiger partial charge in [-0.15, -0.1) is 17.5 Å². The highest BCUT2D eigenvalue weighted by molar-refractivity contribution is 5.85. The van der Waals surface area contributed by atoms with Crippen LogP contribution in [0.15, 0.2) is 42.7 Å². The summed E-state index contributed by atoms with van der Waals surface area (Å²) >= 11 is 0. The molecule has 0 fully saturated rings. The molecule has 74 valence electrons. The summed E-state index contributed by atoms with van der Waals surface area (Å²) in [6.07, 6.45) is 3.11. The van der Waals surface area contributed by atoms with E-state index in [1.807, 2.05) is 30.3 Å². The van der Waals surface area contributed by atoms with Gasteiger partial charge in [0.05, 0.1) is 6.20 Å². The Labute approximate surface area is 88.1 Å². The van der Waals surface area contributed by atoms with Crippen LogP contribution in [0.1, 0.15) is 11.7 Å². The molecule has 1 heterocycles. The number of benzene rings is 1. The van der Waals surface area contributed by atoms with Crippen molar-refractivity contribution in [1.82, 2.24) is 15.0 Å². The molecule has 1 unspecified atom stereocenters. The van der Waals surface area contributed by atoms with Crippen molar-refractivity contribution in [1.29, 1.82) is 0 Å². The van der Waals surface area contributed by atoms with Crippen LogP contribution in [0.2, 0.25) is 0 Å². The molecule has 2 N–H and O–H groups in total. The normalized spacial score (nSPS) is 11.8. The summed E-state index contributed by atoms with van der Waals surface area (Å²) in [6.45, 7) is 0. The Bertz CT molecular complexity index is 360. The minimum absolute atomic E-state index is 0. The van der Waals surface area contributed by atoms with E-state index in [-0.39, 0.29) is 18.6 Å². The van der Waals surface area contributed by atoms with E-state index in [4.69, 9.17) is 5.73 Å². The van der Waals surface area contributed by atoms with Crippen LogP contribution in [0.5, 0.6) is 0 Å².